The van der Waals surface area contributed by atoms with Gasteiger partial charge in [0.15, 0.2) is 0 Å². The summed E-state index contributed by atoms with van der Waals surface area (Å²) in [7, 11) is -3.51. The fourth-order valence-electron chi connectivity index (χ4n) is 4.69. The zero-order chi connectivity index (χ0) is 28.2. The van der Waals surface area contributed by atoms with Gasteiger partial charge in [0.05, 0.1) is 11.3 Å². The largest absolute Gasteiger partial charge is 0.380 e. The highest BCUT2D eigenvalue weighted by Crippen LogP contribution is 2.26. The number of nitrogens with zero attached hydrogens (tertiary/aromatic N) is 1. The number of rotatable bonds is 8. The molecule has 9 heteroatoms. The molecule has 1 aliphatic rings. The van der Waals surface area contributed by atoms with Gasteiger partial charge in [-0.05, 0) is 59.7 Å². The number of benzene rings is 3. The molecule has 206 valence electrons. The molecule has 0 saturated carbocycles. The van der Waals surface area contributed by atoms with Crippen molar-refractivity contribution in [1.29, 1.82) is 0 Å². The third kappa shape index (κ3) is 7.25. The van der Waals surface area contributed by atoms with E-state index in [0.717, 1.165) is 17.5 Å². The van der Waals surface area contributed by atoms with Gasteiger partial charge in [0, 0.05) is 36.1 Å². The smallest absolute Gasteiger partial charge is 0.255 e. The van der Waals surface area contributed by atoms with Crippen molar-refractivity contribution in [1.82, 2.24) is 4.31 Å². The summed E-state index contributed by atoms with van der Waals surface area (Å²) in [5.41, 5.74) is 9.21. The van der Waals surface area contributed by atoms with E-state index in [1.54, 1.807) is 42.5 Å². The minimum absolute atomic E-state index is 0.0181. The lowest BCUT2D eigenvalue weighted by molar-refractivity contribution is 0.0998. The van der Waals surface area contributed by atoms with Crippen LogP contribution in [0.2, 0.25) is 0 Å². The topological polar surface area (TPSA) is 122 Å². The molecule has 1 aliphatic heterocycles. The van der Waals surface area contributed by atoms with Gasteiger partial charge in [-0.1, -0.05) is 63.2 Å². The third-order valence-corrected chi connectivity index (χ3v) is 8.70. The Bertz CT molecular complexity index is 1430. The lowest BCUT2D eigenvalue weighted by atomic mass is 9.87. The molecule has 1 atom stereocenters. The monoisotopic (exact) mass is 548 g/mol. The zero-order valence-corrected chi connectivity index (χ0v) is 23.4. The van der Waals surface area contributed by atoms with Crippen LogP contribution in [0.5, 0.6) is 0 Å². The van der Waals surface area contributed by atoms with Crippen molar-refractivity contribution in [2.45, 2.75) is 50.8 Å². The molecule has 1 heterocycles. The predicted octanol–water partition coefficient (Wildman–Crippen LogP) is 4.74. The van der Waals surface area contributed by atoms with Crippen LogP contribution in [0.25, 0.3) is 0 Å². The van der Waals surface area contributed by atoms with E-state index < -0.39 is 15.9 Å². The van der Waals surface area contributed by atoms with Gasteiger partial charge in [-0.25, -0.2) is 8.42 Å². The van der Waals surface area contributed by atoms with Gasteiger partial charge in [0.25, 0.3) is 11.8 Å². The molecular formula is C30H36N4O4S. The van der Waals surface area contributed by atoms with E-state index in [9.17, 15) is 18.0 Å². The van der Waals surface area contributed by atoms with E-state index in [-0.39, 0.29) is 35.2 Å². The second kappa shape index (κ2) is 11.6. The highest BCUT2D eigenvalue weighted by molar-refractivity contribution is 7.88. The van der Waals surface area contributed by atoms with Crippen LogP contribution >= 0.6 is 0 Å². The van der Waals surface area contributed by atoms with Gasteiger partial charge >= 0.3 is 0 Å². The molecule has 4 rings (SSSR count). The number of hydrogen-bond acceptors (Lipinski definition) is 5. The minimum Gasteiger partial charge on any atom is -0.380 e. The molecular weight excluding hydrogens is 512 g/mol. The molecule has 0 radical (unpaired) electrons. The molecule has 0 spiro atoms. The molecule has 1 unspecified atom stereocenters. The number of amides is 2. The Morgan fingerprint density at radius 3 is 2.33 bits per heavy atom. The molecule has 3 aromatic rings. The maximum Gasteiger partial charge on any atom is 0.255 e. The number of nitrogens with two attached hydrogens (primary N) is 1. The van der Waals surface area contributed by atoms with Crippen LogP contribution in [0.3, 0.4) is 0 Å². The fourth-order valence-corrected chi connectivity index (χ4v) is 6.30. The highest BCUT2D eigenvalue weighted by Gasteiger charge is 2.29. The van der Waals surface area contributed by atoms with E-state index in [1.165, 1.54) is 4.31 Å². The molecule has 2 amide bonds. The second-order valence-electron chi connectivity index (χ2n) is 11.0. The van der Waals surface area contributed by atoms with Crippen molar-refractivity contribution < 1.29 is 18.0 Å². The molecule has 1 fully saturated rings. The van der Waals surface area contributed by atoms with Gasteiger partial charge in [-0.2, -0.15) is 4.31 Å². The maximum atomic E-state index is 13.1. The van der Waals surface area contributed by atoms with Crippen LogP contribution in [0.15, 0.2) is 72.8 Å². The van der Waals surface area contributed by atoms with Crippen molar-refractivity contribution in [3.05, 3.63) is 95.1 Å². The Labute approximate surface area is 230 Å². The number of nitrogens with one attached hydrogen (secondary N) is 2. The Morgan fingerprint density at radius 2 is 1.69 bits per heavy atom. The van der Waals surface area contributed by atoms with Gasteiger partial charge in [0.1, 0.15) is 0 Å². The first-order valence-electron chi connectivity index (χ1n) is 13.1. The average molecular weight is 549 g/mol. The molecule has 4 N–H and O–H groups in total. The number of primary amides is 1. The molecule has 39 heavy (non-hydrogen) atoms. The molecule has 0 bridgehead atoms. The number of carbonyl (C=O) groups is 2. The minimum atomic E-state index is -3.51. The summed E-state index contributed by atoms with van der Waals surface area (Å²) in [4.78, 5) is 25.0. The van der Waals surface area contributed by atoms with Crippen LogP contribution < -0.4 is 16.4 Å². The predicted molar refractivity (Wildman–Crippen MR) is 155 cm³/mol. The number of piperidine rings is 1. The first-order chi connectivity index (χ1) is 18.4. The number of carbonyl (C=O) groups excluding carboxylic acids is 2. The van der Waals surface area contributed by atoms with E-state index in [2.05, 4.69) is 31.4 Å². The third-order valence-electron chi connectivity index (χ3n) is 6.89. The SMILES string of the molecule is CC(C)(C)c1ccc(C(=O)Nc2ccc(C(N)=O)c(NC3CCCN(S(=O)(=O)Cc4ccccc4)C3)c2)cc1. The Balaban J connectivity index is 1.48. The van der Waals surface area contributed by atoms with Gasteiger partial charge in [-0.15, -0.1) is 0 Å². The summed E-state index contributed by atoms with van der Waals surface area (Å²) in [5, 5.41) is 6.20. The van der Waals surface area contributed by atoms with Crippen LogP contribution in [0, 0.1) is 0 Å². The summed E-state index contributed by atoms with van der Waals surface area (Å²) in [6, 6.07) is 21.2. The van der Waals surface area contributed by atoms with Crippen molar-refractivity contribution in [2.24, 2.45) is 5.73 Å². The zero-order valence-electron chi connectivity index (χ0n) is 22.6. The summed E-state index contributed by atoms with van der Waals surface area (Å²) in [5.74, 6) is -0.952. The quantitative estimate of drug-likeness (QED) is 0.375. The maximum absolute atomic E-state index is 13.1. The number of sulfonamides is 1. The molecule has 1 saturated heterocycles. The van der Waals surface area contributed by atoms with Crippen molar-refractivity contribution in [3.8, 4) is 0 Å². The summed E-state index contributed by atoms with van der Waals surface area (Å²) >= 11 is 0. The van der Waals surface area contributed by atoms with Crippen LogP contribution in [0.4, 0.5) is 11.4 Å². The standard InChI is InChI=1S/C30H36N4O4S/c1-30(2,3)23-13-11-22(12-14-23)29(36)33-24-15-16-26(28(31)35)27(18-24)32-25-10-7-17-34(19-25)39(37,38)20-21-8-5-4-6-9-21/h4-6,8-9,11-16,18,25,32H,7,10,17,19-20H2,1-3H3,(H2,31,35)(H,33,36). The molecule has 0 aromatic heterocycles. The first-order valence-corrected chi connectivity index (χ1v) is 14.7. The van der Waals surface area contributed by atoms with Crippen molar-refractivity contribution >= 4 is 33.2 Å². The van der Waals surface area contributed by atoms with E-state index in [1.807, 2.05) is 30.3 Å². The van der Waals surface area contributed by atoms with Crippen LogP contribution in [-0.4, -0.2) is 43.7 Å². The van der Waals surface area contributed by atoms with Gasteiger partial charge in [0.2, 0.25) is 10.0 Å². The van der Waals surface area contributed by atoms with Gasteiger partial charge in [-0.3, -0.25) is 9.59 Å². The van der Waals surface area contributed by atoms with E-state index >= 15 is 0 Å². The second-order valence-corrected chi connectivity index (χ2v) is 13.0. The van der Waals surface area contributed by atoms with Crippen LogP contribution in [-0.2, 0) is 21.2 Å². The number of anilines is 2. The average Bonchev–Trinajstić information content (AvgIpc) is 2.89. The lowest BCUT2D eigenvalue weighted by Crippen LogP contribution is -2.45. The first kappa shape index (κ1) is 28.3. The summed E-state index contributed by atoms with van der Waals surface area (Å²) in [6.07, 6.45) is 1.41. The van der Waals surface area contributed by atoms with Crippen molar-refractivity contribution in [3.63, 3.8) is 0 Å². The summed E-state index contributed by atoms with van der Waals surface area (Å²) < 4.78 is 27.7. The molecule has 3 aromatic carbocycles. The Hall–Kier alpha value is -3.69. The van der Waals surface area contributed by atoms with E-state index in [0.29, 0.717) is 29.9 Å². The highest BCUT2D eigenvalue weighted by atomic mass is 32.2. The molecule has 0 aliphatic carbocycles. The van der Waals surface area contributed by atoms with E-state index in [4.69, 9.17) is 5.73 Å². The van der Waals surface area contributed by atoms with Crippen LogP contribution in [0.1, 0.15) is 65.5 Å². The lowest BCUT2D eigenvalue weighted by Gasteiger charge is -2.33. The normalized spacial score (nSPS) is 16.4. The van der Waals surface area contributed by atoms with Gasteiger partial charge < -0.3 is 16.4 Å². The number of hydrogen-bond donors (Lipinski definition) is 3. The Kier molecular flexibility index (Phi) is 8.42. The Morgan fingerprint density at radius 1 is 1.00 bits per heavy atom. The molecule has 8 nitrogen and oxygen atoms in total. The van der Waals surface area contributed by atoms with Crippen molar-refractivity contribution in [2.75, 3.05) is 23.7 Å². The summed E-state index contributed by atoms with van der Waals surface area (Å²) in [6.45, 7) is 7.05. The fraction of sp³-hybridized carbons (Fsp3) is 0.333.